The van der Waals surface area contributed by atoms with Crippen molar-refractivity contribution in [1.82, 2.24) is 9.80 Å². The highest BCUT2D eigenvalue weighted by atomic mass is 35.5. The fourth-order valence-electron chi connectivity index (χ4n) is 5.30. The van der Waals surface area contributed by atoms with Gasteiger partial charge in [0.25, 0.3) is 0 Å². The Hall–Kier alpha value is -2.39. The van der Waals surface area contributed by atoms with Crippen LogP contribution in [0.5, 0.6) is 5.75 Å². The van der Waals surface area contributed by atoms with Crippen LogP contribution >= 0.6 is 23.2 Å². The number of ether oxygens (including phenoxy) is 2. The molecule has 2 aromatic carbocycles. The minimum Gasteiger partial charge on any atom is -0.494 e. The van der Waals surface area contributed by atoms with E-state index in [4.69, 9.17) is 32.7 Å². The number of piperazine rings is 1. The van der Waals surface area contributed by atoms with E-state index in [1.54, 1.807) is 16.8 Å². The molecule has 1 saturated heterocycles. The molecule has 0 saturated carbocycles. The Labute approximate surface area is 248 Å². The maximum atomic E-state index is 12.4. The lowest BCUT2D eigenvalue weighted by Crippen LogP contribution is -2.46. The molecule has 2 aliphatic rings. The molecule has 0 aliphatic carbocycles. The van der Waals surface area contributed by atoms with Crippen molar-refractivity contribution in [2.75, 3.05) is 69.5 Å². The molecular formula is C30H42Cl2N4O4. The summed E-state index contributed by atoms with van der Waals surface area (Å²) in [4.78, 5) is 20.5. The molecule has 8 nitrogen and oxygen atoms in total. The summed E-state index contributed by atoms with van der Waals surface area (Å²) in [6, 6.07) is 11.8. The molecule has 2 aromatic rings. The van der Waals surface area contributed by atoms with Crippen LogP contribution in [0.25, 0.3) is 0 Å². The van der Waals surface area contributed by atoms with Crippen LogP contribution < -0.4 is 14.5 Å². The molecule has 1 amide bonds. The largest absolute Gasteiger partial charge is 0.494 e. The minimum atomic E-state index is -0.707. The van der Waals surface area contributed by atoms with Gasteiger partial charge in [-0.1, -0.05) is 49.2 Å². The van der Waals surface area contributed by atoms with Crippen LogP contribution in [0.3, 0.4) is 0 Å². The lowest BCUT2D eigenvalue weighted by Gasteiger charge is -2.36. The van der Waals surface area contributed by atoms with Crippen LogP contribution in [-0.4, -0.2) is 86.9 Å². The fraction of sp³-hybridized carbons (Fsp3) is 0.567. The lowest BCUT2D eigenvalue weighted by atomic mass is 10.0. The quantitative estimate of drug-likeness (QED) is 0.334. The fourth-order valence-corrected chi connectivity index (χ4v) is 5.72. The molecule has 0 radical (unpaired) electrons. The van der Waals surface area contributed by atoms with Crippen LogP contribution in [0, 0.1) is 5.92 Å². The zero-order valence-corrected chi connectivity index (χ0v) is 25.3. The Bertz CT molecular complexity index is 1130. The monoisotopic (exact) mass is 592 g/mol. The van der Waals surface area contributed by atoms with E-state index < -0.39 is 12.3 Å². The third-order valence-electron chi connectivity index (χ3n) is 7.46. The predicted octanol–water partition coefficient (Wildman–Crippen LogP) is 5.73. The number of anilines is 2. The molecule has 220 valence electrons. The van der Waals surface area contributed by atoms with E-state index in [0.717, 1.165) is 74.7 Å². The van der Waals surface area contributed by atoms with Crippen LogP contribution in [0.2, 0.25) is 10.0 Å². The first-order chi connectivity index (χ1) is 19.2. The summed E-state index contributed by atoms with van der Waals surface area (Å²) in [5, 5.41) is 11.9. The number of hydrogen-bond acceptors (Lipinski definition) is 7. The molecule has 1 N–H and O–H groups in total. The van der Waals surface area contributed by atoms with E-state index in [0.29, 0.717) is 35.5 Å². The van der Waals surface area contributed by atoms with Gasteiger partial charge < -0.3 is 29.3 Å². The average molecular weight is 594 g/mol. The second-order valence-electron chi connectivity index (χ2n) is 11.1. The van der Waals surface area contributed by atoms with Gasteiger partial charge in [-0.25, -0.2) is 4.79 Å². The maximum Gasteiger partial charge on any atom is 0.411 e. The van der Waals surface area contributed by atoms with Crippen molar-refractivity contribution in [3.05, 3.63) is 52.0 Å². The number of rotatable bonds is 11. The van der Waals surface area contributed by atoms with E-state index in [1.807, 2.05) is 36.4 Å². The number of hydrogen-bond donors (Lipinski definition) is 1. The number of aliphatic hydroxyl groups excluding tert-OH is 1. The zero-order chi connectivity index (χ0) is 28.6. The first kappa shape index (κ1) is 30.6. The lowest BCUT2D eigenvalue weighted by molar-refractivity contribution is 0.0795. The number of fused-ring (bicyclic) bond motifs is 1. The van der Waals surface area contributed by atoms with Gasteiger partial charge in [0.1, 0.15) is 12.0 Å². The van der Waals surface area contributed by atoms with Crippen molar-refractivity contribution >= 4 is 40.7 Å². The van der Waals surface area contributed by atoms with Gasteiger partial charge in [-0.15, -0.1) is 0 Å². The molecule has 1 fully saturated rings. The van der Waals surface area contributed by atoms with Crippen molar-refractivity contribution in [2.24, 2.45) is 5.92 Å². The Morgan fingerprint density at radius 1 is 1.10 bits per heavy atom. The maximum absolute atomic E-state index is 12.4. The van der Waals surface area contributed by atoms with Crippen LogP contribution in [0.1, 0.15) is 38.7 Å². The highest BCUT2D eigenvalue weighted by Crippen LogP contribution is 2.34. The standard InChI is InChI=1S/C30H42Cl2N4O4/c1-22(2)20-33(3)30(38)40-21-36-27-19-24(11-9-23(27)10-12-28(36)37)39-18-5-4-13-34-14-16-35(17-15-34)26-8-6-7-25(31)29(26)32/h6-9,11,19,22,28,37H,4-5,10,12-18,20-21H2,1-3H3. The number of unbranched alkanes of at least 4 members (excludes halogenated alkanes) is 1. The summed E-state index contributed by atoms with van der Waals surface area (Å²) < 4.78 is 11.6. The molecule has 2 aliphatic heterocycles. The smallest absolute Gasteiger partial charge is 0.411 e. The molecular weight excluding hydrogens is 551 g/mol. The van der Waals surface area contributed by atoms with Crippen molar-refractivity contribution in [1.29, 1.82) is 0 Å². The summed E-state index contributed by atoms with van der Waals surface area (Å²) in [6.45, 7) is 10.2. The zero-order valence-electron chi connectivity index (χ0n) is 23.8. The van der Waals surface area contributed by atoms with E-state index in [1.165, 1.54) is 0 Å². The Morgan fingerprint density at radius 3 is 2.62 bits per heavy atom. The van der Waals surface area contributed by atoms with Crippen LogP contribution in [-0.2, 0) is 11.2 Å². The summed E-state index contributed by atoms with van der Waals surface area (Å²) in [6.07, 6.45) is 2.26. The van der Waals surface area contributed by atoms with Crippen molar-refractivity contribution in [3.8, 4) is 5.75 Å². The molecule has 40 heavy (non-hydrogen) atoms. The van der Waals surface area contributed by atoms with E-state index in [2.05, 4.69) is 23.6 Å². The first-order valence-corrected chi connectivity index (χ1v) is 15.0. The normalized spacial score (nSPS) is 17.6. The minimum absolute atomic E-state index is 0.00430. The van der Waals surface area contributed by atoms with Gasteiger partial charge in [-0.3, -0.25) is 4.90 Å². The molecule has 1 unspecified atom stereocenters. The Morgan fingerprint density at radius 2 is 1.88 bits per heavy atom. The number of carbonyl (C=O) groups is 1. The molecule has 4 rings (SSSR count). The summed E-state index contributed by atoms with van der Waals surface area (Å²) in [5.41, 5.74) is 2.98. The molecule has 0 bridgehead atoms. The van der Waals surface area contributed by atoms with Crippen molar-refractivity contribution < 1.29 is 19.4 Å². The molecule has 2 heterocycles. The number of amides is 1. The second kappa shape index (κ2) is 14.5. The molecule has 0 aromatic heterocycles. The number of aryl methyl sites for hydroxylation is 1. The average Bonchev–Trinajstić information content (AvgIpc) is 2.93. The van der Waals surface area contributed by atoms with E-state index in [9.17, 15) is 9.90 Å². The number of nitrogens with zero attached hydrogens (tertiary/aromatic N) is 4. The summed E-state index contributed by atoms with van der Waals surface area (Å²) >= 11 is 12.6. The van der Waals surface area contributed by atoms with Gasteiger partial charge >= 0.3 is 6.09 Å². The Balaban J connectivity index is 1.20. The van der Waals surface area contributed by atoms with Gasteiger partial charge in [0.05, 0.1) is 22.3 Å². The van der Waals surface area contributed by atoms with Gasteiger partial charge in [0, 0.05) is 51.5 Å². The third-order valence-corrected chi connectivity index (χ3v) is 8.27. The van der Waals surface area contributed by atoms with Crippen molar-refractivity contribution in [3.63, 3.8) is 0 Å². The highest BCUT2D eigenvalue weighted by molar-refractivity contribution is 6.43. The molecule has 10 heteroatoms. The van der Waals surface area contributed by atoms with E-state index in [-0.39, 0.29) is 6.73 Å². The van der Waals surface area contributed by atoms with Gasteiger partial charge in [-0.2, -0.15) is 0 Å². The summed E-state index contributed by atoms with van der Waals surface area (Å²) in [5.74, 6) is 1.11. The third kappa shape index (κ3) is 8.09. The SMILES string of the molecule is CC(C)CN(C)C(=O)OCN1c2cc(OCCCCN3CCN(c4cccc(Cl)c4Cl)CC3)ccc2CCC1O. The predicted molar refractivity (Wildman–Crippen MR) is 162 cm³/mol. The number of halogens is 2. The van der Waals surface area contributed by atoms with E-state index >= 15 is 0 Å². The molecule has 0 spiro atoms. The van der Waals surface area contributed by atoms with Crippen LogP contribution in [0.4, 0.5) is 16.2 Å². The van der Waals surface area contributed by atoms with Gasteiger partial charge in [-0.05, 0) is 61.9 Å². The van der Waals surface area contributed by atoms with Gasteiger partial charge in [0.2, 0.25) is 0 Å². The molecule has 1 atom stereocenters. The topological polar surface area (TPSA) is 68.7 Å². The summed E-state index contributed by atoms with van der Waals surface area (Å²) in [7, 11) is 1.73. The van der Waals surface area contributed by atoms with Crippen LogP contribution in [0.15, 0.2) is 36.4 Å². The Kier molecular flexibility index (Phi) is 11.1. The van der Waals surface area contributed by atoms with Gasteiger partial charge in [0.15, 0.2) is 6.73 Å². The van der Waals surface area contributed by atoms with Crippen molar-refractivity contribution in [2.45, 2.75) is 45.8 Å². The first-order valence-electron chi connectivity index (χ1n) is 14.2. The second-order valence-corrected chi connectivity index (χ2v) is 11.8. The number of benzene rings is 2. The highest BCUT2D eigenvalue weighted by Gasteiger charge is 2.27. The number of aliphatic hydroxyl groups is 1. The number of carbonyl (C=O) groups excluding carboxylic acids is 1.